The Kier molecular flexibility index (Phi) is 2.18. The van der Waals surface area contributed by atoms with Crippen molar-refractivity contribution in [2.45, 2.75) is 31.5 Å². The normalized spacial score (nSPS) is 11.8. The van der Waals surface area contributed by atoms with Gasteiger partial charge in [-0.05, 0) is 0 Å². The van der Waals surface area contributed by atoms with E-state index >= 15 is 0 Å². The maximum Gasteiger partial charge on any atom is 0.128 e. The molecule has 0 atom stereocenters. The van der Waals surface area contributed by atoms with Gasteiger partial charge in [-0.15, -0.1) is 4.28 Å². The minimum Gasteiger partial charge on any atom is -0.102 e. The second kappa shape index (κ2) is 2.00. The van der Waals surface area contributed by atoms with E-state index in [2.05, 4.69) is 37.1 Å². The van der Waals surface area contributed by atoms with E-state index in [9.17, 15) is 0 Å². The van der Waals surface area contributed by atoms with Gasteiger partial charge in [0.2, 0.25) is 0 Å². The predicted octanol–water partition coefficient (Wildman–Crippen LogP) is 1.76. The first-order valence-electron chi connectivity index (χ1n) is 2.35. The first-order valence-corrected chi connectivity index (χ1v) is 2.93. The highest BCUT2D eigenvalue weighted by molar-refractivity contribution is 6.14. The van der Waals surface area contributed by atoms with Crippen molar-refractivity contribution in [1.82, 2.24) is 0 Å². The van der Waals surface area contributed by atoms with Crippen LogP contribution in [-0.2, 0) is 0 Å². The molecule has 0 aromatic rings. The van der Waals surface area contributed by atoms with Crippen LogP contribution >= 0.6 is 0 Å². The average Bonchev–Trinajstić information content (AvgIpc) is 1.35. The molecule has 0 fully saturated rings. The second-order valence-electron chi connectivity index (χ2n) is 2.34. The fraction of sp³-hybridized carbons (Fsp3) is 1.00. The van der Waals surface area contributed by atoms with Gasteiger partial charge in [0, 0.05) is 0 Å². The summed E-state index contributed by atoms with van der Waals surface area (Å²) in [6.45, 7) is 6.60. The summed E-state index contributed by atoms with van der Waals surface area (Å²) in [6.07, 6.45) is 1.23. The van der Waals surface area contributed by atoms with E-state index in [0.29, 0.717) is 4.28 Å². The summed E-state index contributed by atoms with van der Waals surface area (Å²) in [4.78, 5) is 0. The van der Waals surface area contributed by atoms with Gasteiger partial charge in [0.05, 0.1) is 0 Å². The highest BCUT2D eigenvalue weighted by atomic mass is 27.0. The Bertz CT molecular complexity index is 33.7. The maximum absolute atomic E-state index is 2.79. The molecule has 0 heterocycles. The van der Waals surface area contributed by atoms with E-state index in [0.717, 1.165) is 0 Å². The summed E-state index contributed by atoms with van der Waals surface area (Å²) >= 11 is 2.79. The molecule has 2 radical (unpaired) electrons. The van der Waals surface area contributed by atoms with E-state index in [-0.39, 0.29) is 0 Å². The zero-order valence-corrected chi connectivity index (χ0v) is 5.94. The zero-order chi connectivity index (χ0) is 5.21. The molecule has 0 aliphatic carbocycles. The third kappa shape index (κ3) is 4.53. The molecule has 34 valence electrons. The van der Waals surface area contributed by atoms with Crippen molar-refractivity contribution in [3.8, 4) is 0 Å². The first kappa shape index (κ1) is 6.53. The SMILES string of the molecule is CC[C](C)(C)[Al]. The zero-order valence-electron chi connectivity index (χ0n) is 4.78. The van der Waals surface area contributed by atoms with Crippen LogP contribution in [0.2, 0.25) is 4.28 Å². The van der Waals surface area contributed by atoms with Gasteiger partial charge in [-0.2, -0.15) is 0 Å². The Morgan fingerprint density at radius 2 is 1.67 bits per heavy atom. The molecule has 0 unspecified atom stereocenters. The monoisotopic (exact) mass is 98.1 g/mol. The summed E-state index contributed by atoms with van der Waals surface area (Å²) in [5, 5.41) is 0. The second-order valence-corrected chi connectivity index (χ2v) is 3.91. The van der Waals surface area contributed by atoms with E-state index in [4.69, 9.17) is 0 Å². The predicted molar refractivity (Wildman–Crippen MR) is 30.1 cm³/mol. The fourth-order valence-electron chi connectivity index (χ4n) is 0. The van der Waals surface area contributed by atoms with Crippen LogP contribution in [-0.4, -0.2) is 16.3 Å². The molecule has 0 saturated heterocycles. The summed E-state index contributed by atoms with van der Waals surface area (Å²) in [6, 6.07) is 0. The highest BCUT2D eigenvalue weighted by Crippen LogP contribution is 2.21. The number of rotatable bonds is 1. The Balaban J connectivity index is 3.17. The van der Waals surface area contributed by atoms with Crippen molar-refractivity contribution in [3.05, 3.63) is 0 Å². The lowest BCUT2D eigenvalue weighted by Crippen LogP contribution is -1.97. The fourth-order valence-corrected chi connectivity index (χ4v) is 0. The third-order valence-electron chi connectivity index (χ3n) is 0.911. The maximum atomic E-state index is 2.79. The largest absolute Gasteiger partial charge is 0.128 e. The summed E-state index contributed by atoms with van der Waals surface area (Å²) < 4.78 is 0.458. The smallest absolute Gasteiger partial charge is 0.102 e. The Labute approximate surface area is 48.4 Å². The van der Waals surface area contributed by atoms with Crippen LogP contribution in [0.25, 0.3) is 0 Å². The van der Waals surface area contributed by atoms with Crippen LogP contribution in [0.3, 0.4) is 0 Å². The lowest BCUT2D eigenvalue weighted by Gasteiger charge is -2.14. The van der Waals surface area contributed by atoms with E-state index in [1.165, 1.54) is 6.42 Å². The molecule has 0 aromatic heterocycles. The molecule has 0 spiro atoms. The molecule has 6 heavy (non-hydrogen) atoms. The number of hydrogen-bond donors (Lipinski definition) is 0. The third-order valence-corrected chi connectivity index (χ3v) is 1.32. The molecular formula is C5H11Al. The van der Waals surface area contributed by atoms with Crippen LogP contribution in [0, 0.1) is 0 Å². The topological polar surface area (TPSA) is 0 Å². The molecule has 0 N–H and O–H groups in total. The van der Waals surface area contributed by atoms with E-state index in [1.807, 2.05) is 0 Å². The minimum absolute atomic E-state index is 0.458. The van der Waals surface area contributed by atoms with E-state index in [1.54, 1.807) is 0 Å². The molecule has 0 rings (SSSR count). The van der Waals surface area contributed by atoms with Crippen LogP contribution in [0.4, 0.5) is 0 Å². The van der Waals surface area contributed by atoms with E-state index < -0.39 is 0 Å². The molecule has 0 aliphatic heterocycles. The minimum atomic E-state index is 0.458. The number of hydrogen-bond acceptors (Lipinski definition) is 0. The van der Waals surface area contributed by atoms with Crippen LogP contribution in [0.15, 0.2) is 0 Å². The van der Waals surface area contributed by atoms with Gasteiger partial charge in [0.1, 0.15) is 16.3 Å². The quantitative estimate of drug-likeness (QED) is 0.438. The first-order chi connectivity index (χ1) is 2.56. The Hall–Kier alpha value is 0.532. The van der Waals surface area contributed by atoms with Gasteiger partial charge < -0.3 is 0 Å². The lowest BCUT2D eigenvalue weighted by molar-refractivity contribution is 0.654. The van der Waals surface area contributed by atoms with Crippen molar-refractivity contribution in [3.63, 3.8) is 0 Å². The molecular weight excluding hydrogens is 87.0 g/mol. The molecule has 0 bridgehead atoms. The van der Waals surface area contributed by atoms with Gasteiger partial charge in [-0.1, -0.05) is 27.2 Å². The average molecular weight is 98.1 g/mol. The molecule has 0 nitrogen and oxygen atoms in total. The Morgan fingerprint density at radius 1 is 1.50 bits per heavy atom. The van der Waals surface area contributed by atoms with Gasteiger partial charge in [0.15, 0.2) is 0 Å². The summed E-state index contributed by atoms with van der Waals surface area (Å²) in [7, 11) is 0. The van der Waals surface area contributed by atoms with Gasteiger partial charge in [-0.25, -0.2) is 0 Å². The van der Waals surface area contributed by atoms with Crippen molar-refractivity contribution >= 4 is 16.3 Å². The van der Waals surface area contributed by atoms with Crippen molar-refractivity contribution < 1.29 is 0 Å². The molecule has 1 heteroatoms. The van der Waals surface area contributed by atoms with Crippen molar-refractivity contribution in [1.29, 1.82) is 0 Å². The summed E-state index contributed by atoms with van der Waals surface area (Å²) in [5.41, 5.74) is 0. The summed E-state index contributed by atoms with van der Waals surface area (Å²) in [5.74, 6) is 0. The molecule has 0 amide bonds. The van der Waals surface area contributed by atoms with Crippen LogP contribution in [0.5, 0.6) is 0 Å². The van der Waals surface area contributed by atoms with Crippen LogP contribution in [0.1, 0.15) is 27.2 Å². The Morgan fingerprint density at radius 3 is 1.67 bits per heavy atom. The van der Waals surface area contributed by atoms with Gasteiger partial charge >= 0.3 is 0 Å². The van der Waals surface area contributed by atoms with Crippen molar-refractivity contribution in [2.75, 3.05) is 0 Å². The van der Waals surface area contributed by atoms with Crippen LogP contribution < -0.4 is 0 Å². The standard InChI is InChI=1S/C5H11.Al/c1-4-5(2)3;/h4H2,1-3H3;. The molecule has 0 aliphatic rings. The van der Waals surface area contributed by atoms with Gasteiger partial charge in [-0.3, -0.25) is 0 Å². The lowest BCUT2D eigenvalue weighted by atomic mass is 10.1. The molecule has 0 saturated carbocycles. The van der Waals surface area contributed by atoms with Gasteiger partial charge in [0.25, 0.3) is 0 Å². The van der Waals surface area contributed by atoms with Crippen molar-refractivity contribution in [2.24, 2.45) is 0 Å². The molecule has 0 aromatic carbocycles. The highest BCUT2D eigenvalue weighted by Gasteiger charge is 2.01.